The Morgan fingerprint density at radius 3 is 2.93 bits per heavy atom. The zero-order valence-corrected chi connectivity index (χ0v) is 9.89. The molecule has 1 atom stereocenters. The highest BCUT2D eigenvalue weighted by atomic mass is 35.5. The lowest BCUT2D eigenvalue weighted by molar-refractivity contribution is 0.559. The maximum absolute atomic E-state index is 3.24. The minimum absolute atomic E-state index is 0. The van der Waals surface area contributed by atoms with Crippen molar-refractivity contribution in [3.63, 3.8) is 0 Å². The Bertz CT molecular complexity index is 333. The lowest BCUT2D eigenvalue weighted by atomic mass is 10.0. The van der Waals surface area contributed by atoms with Gasteiger partial charge in [-0.05, 0) is 36.9 Å². The fraction of sp³-hybridized carbons (Fsp3) is 0.385. The van der Waals surface area contributed by atoms with Gasteiger partial charge in [-0.2, -0.15) is 0 Å². The monoisotopic (exact) mass is 223 g/mol. The molecule has 1 aliphatic carbocycles. The van der Waals surface area contributed by atoms with Crippen LogP contribution < -0.4 is 5.32 Å². The maximum atomic E-state index is 3.24. The molecular weight excluding hydrogens is 206 g/mol. The molecule has 2 heteroatoms. The number of rotatable bonds is 2. The van der Waals surface area contributed by atoms with Crippen LogP contribution in [0.4, 0.5) is 0 Å². The first-order valence-corrected chi connectivity index (χ1v) is 5.31. The maximum Gasteiger partial charge on any atom is 0.00114 e. The van der Waals surface area contributed by atoms with Crippen molar-refractivity contribution in [3.8, 4) is 0 Å². The smallest absolute Gasteiger partial charge is 0.00114 e. The standard InChI is InChI=1S/C13H17N.ClH/c1-14-10-11-6-8-12-4-2-3-5-13(12)9-7-11;/h2-6,8,11,14H,7,9-10H2,1H3;1H. The van der Waals surface area contributed by atoms with Gasteiger partial charge in [0.1, 0.15) is 0 Å². The van der Waals surface area contributed by atoms with Crippen molar-refractivity contribution in [1.82, 2.24) is 5.32 Å². The van der Waals surface area contributed by atoms with Crippen molar-refractivity contribution < 1.29 is 0 Å². The van der Waals surface area contributed by atoms with E-state index in [9.17, 15) is 0 Å². The highest BCUT2D eigenvalue weighted by Crippen LogP contribution is 2.21. The van der Waals surface area contributed by atoms with Crippen molar-refractivity contribution in [2.75, 3.05) is 13.6 Å². The number of fused-ring (bicyclic) bond motifs is 1. The van der Waals surface area contributed by atoms with E-state index in [4.69, 9.17) is 0 Å². The topological polar surface area (TPSA) is 12.0 Å². The quantitative estimate of drug-likeness (QED) is 0.813. The molecule has 1 nitrogen and oxygen atoms in total. The molecule has 15 heavy (non-hydrogen) atoms. The van der Waals surface area contributed by atoms with Crippen LogP contribution in [0.1, 0.15) is 17.5 Å². The largest absolute Gasteiger partial charge is 0.319 e. The van der Waals surface area contributed by atoms with Gasteiger partial charge in [0.2, 0.25) is 0 Å². The van der Waals surface area contributed by atoms with Gasteiger partial charge in [0.05, 0.1) is 0 Å². The van der Waals surface area contributed by atoms with Crippen molar-refractivity contribution >= 4 is 18.5 Å². The second kappa shape index (κ2) is 5.94. The third-order valence-corrected chi connectivity index (χ3v) is 2.85. The summed E-state index contributed by atoms with van der Waals surface area (Å²) in [5.41, 5.74) is 2.88. The summed E-state index contributed by atoms with van der Waals surface area (Å²) in [4.78, 5) is 0. The van der Waals surface area contributed by atoms with Gasteiger partial charge in [-0.1, -0.05) is 36.4 Å². The normalized spacial score (nSPS) is 18.9. The Morgan fingerprint density at radius 2 is 2.13 bits per heavy atom. The number of hydrogen-bond acceptors (Lipinski definition) is 1. The predicted octanol–water partition coefficient (Wildman–Crippen LogP) is 2.90. The zero-order valence-electron chi connectivity index (χ0n) is 9.07. The van der Waals surface area contributed by atoms with E-state index in [2.05, 4.69) is 41.7 Å². The SMILES string of the molecule is CNCC1C=Cc2ccccc2CC1.Cl. The molecule has 1 aromatic carbocycles. The van der Waals surface area contributed by atoms with Crippen LogP contribution in [0, 0.1) is 5.92 Å². The summed E-state index contributed by atoms with van der Waals surface area (Å²) in [5, 5.41) is 3.24. The molecule has 0 aliphatic heterocycles. The number of halogens is 1. The summed E-state index contributed by atoms with van der Waals surface area (Å²) in [6.07, 6.45) is 7.07. The molecule has 1 unspecified atom stereocenters. The van der Waals surface area contributed by atoms with Crippen molar-refractivity contribution in [2.45, 2.75) is 12.8 Å². The molecule has 0 heterocycles. The Kier molecular flexibility index (Phi) is 4.86. The molecule has 0 fully saturated rings. The Hall–Kier alpha value is -0.790. The molecule has 1 aliphatic rings. The first-order chi connectivity index (χ1) is 6.90. The van der Waals surface area contributed by atoms with Crippen LogP contribution in [0.3, 0.4) is 0 Å². The predicted molar refractivity (Wildman–Crippen MR) is 68.5 cm³/mol. The van der Waals surface area contributed by atoms with Gasteiger partial charge in [-0.15, -0.1) is 12.4 Å². The molecule has 0 aromatic heterocycles. The number of benzene rings is 1. The van der Waals surface area contributed by atoms with E-state index in [0.29, 0.717) is 5.92 Å². The fourth-order valence-corrected chi connectivity index (χ4v) is 2.03. The molecule has 0 saturated carbocycles. The number of nitrogens with one attached hydrogen (secondary N) is 1. The highest BCUT2D eigenvalue weighted by molar-refractivity contribution is 5.85. The Balaban J connectivity index is 0.00000112. The fourth-order valence-electron chi connectivity index (χ4n) is 2.03. The molecule has 0 saturated heterocycles. The third-order valence-electron chi connectivity index (χ3n) is 2.85. The lowest BCUT2D eigenvalue weighted by Gasteiger charge is -2.09. The molecule has 1 N–H and O–H groups in total. The molecule has 82 valence electrons. The summed E-state index contributed by atoms with van der Waals surface area (Å²) in [6.45, 7) is 1.09. The second-order valence-corrected chi connectivity index (χ2v) is 3.91. The minimum Gasteiger partial charge on any atom is -0.319 e. The van der Waals surface area contributed by atoms with Gasteiger partial charge >= 0.3 is 0 Å². The van der Waals surface area contributed by atoms with E-state index in [-0.39, 0.29) is 12.4 Å². The third kappa shape index (κ3) is 3.08. The van der Waals surface area contributed by atoms with Crippen molar-refractivity contribution in [1.29, 1.82) is 0 Å². The molecule has 0 radical (unpaired) electrons. The number of aryl methyl sites for hydroxylation is 1. The van der Waals surface area contributed by atoms with Crippen LogP contribution in [0.2, 0.25) is 0 Å². The van der Waals surface area contributed by atoms with Gasteiger partial charge in [0, 0.05) is 6.54 Å². The van der Waals surface area contributed by atoms with Gasteiger partial charge in [-0.25, -0.2) is 0 Å². The van der Waals surface area contributed by atoms with Gasteiger partial charge in [0.15, 0.2) is 0 Å². The lowest BCUT2D eigenvalue weighted by Crippen LogP contribution is -2.17. The van der Waals surface area contributed by atoms with Crippen LogP contribution in [0.25, 0.3) is 6.08 Å². The van der Waals surface area contributed by atoms with E-state index in [1.54, 1.807) is 0 Å². The highest BCUT2D eigenvalue weighted by Gasteiger charge is 2.09. The van der Waals surface area contributed by atoms with E-state index in [1.807, 2.05) is 7.05 Å². The zero-order chi connectivity index (χ0) is 9.80. The molecule has 1 aromatic rings. The molecule has 0 amide bonds. The van der Waals surface area contributed by atoms with E-state index in [0.717, 1.165) is 6.54 Å². The molecule has 0 spiro atoms. The molecule has 0 bridgehead atoms. The molecule has 2 rings (SSSR count). The second-order valence-electron chi connectivity index (χ2n) is 3.91. The Labute approximate surface area is 98.0 Å². The average molecular weight is 224 g/mol. The van der Waals surface area contributed by atoms with Crippen LogP contribution in [0.5, 0.6) is 0 Å². The first kappa shape index (κ1) is 12.3. The van der Waals surface area contributed by atoms with Crippen molar-refractivity contribution in [3.05, 3.63) is 41.5 Å². The summed E-state index contributed by atoms with van der Waals surface area (Å²) in [6, 6.07) is 8.68. The van der Waals surface area contributed by atoms with E-state index < -0.39 is 0 Å². The Morgan fingerprint density at radius 1 is 1.33 bits per heavy atom. The van der Waals surface area contributed by atoms with Crippen LogP contribution in [0.15, 0.2) is 30.3 Å². The summed E-state index contributed by atoms with van der Waals surface area (Å²) >= 11 is 0. The van der Waals surface area contributed by atoms with Gasteiger partial charge in [0.25, 0.3) is 0 Å². The van der Waals surface area contributed by atoms with Crippen molar-refractivity contribution in [2.24, 2.45) is 5.92 Å². The van der Waals surface area contributed by atoms with Crippen LogP contribution >= 0.6 is 12.4 Å². The van der Waals surface area contributed by atoms with Crippen LogP contribution in [-0.2, 0) is 6.42 Å². The summed E-state index contributed by atoms with van der Waals surface area (Å²) < 4.78 is 0. The van der Waals surface area contributed by atoms with E-state index >= 15 is 0 Å². The molecular formula is C13H18ClN. The van der Waals surface area contributed by atoms with Gasteiger partial charge < -0.3 is 5.32 Å². The van der Waals surface area contributed by atoms with Gasteiger partial charge in [-0.3, -0.25) is 0 Å². The summed E-state index contributed by atoms with van der Waals surface area (Å²) in [5.74, 6) is 0.687. The first-order valence-electron chi connectivity index (χ1n) is 5.31. The summed E-state index contributed by atoms with van der Waals surface area (Å²) in [7, 11) is 2.02. The number of hydrogen-bond donors (Lipinski definition) is 1. The minimum atomic E-state index is 0. The van der Waals surface area contributed by atoms with E-state index in [1.165, 1.54) is 24.0 Å². The van der Waals surface area contributed by atoms with Crippen LogP contribution in [-0.4, -0.2) is 13.6 Å². The average Bonchev–Trinajstić information content (AvgIpc) is 2.42.